The number of hydrogen-bond donors (Lipinski definition) is 0. The van der Waals surface area contributed by atoms with Crippen LogP contribution in [0.15, 0.2) is 212 Å². The van der Waals surface area contributed by atoms with E-state index < -0.39 is 0 Å². The summed E-state index contributed by atoms with van der Waals surface area (Å²) in [7, 11) is 0. The zero-order valence-electron chi connectivity index (χ0n) is 29.6. The molecule has 0 amide bonds. The van der Waals surface area contributed by atoms with Crippen LogP contribution >= 0.6 is 11.3 Å². The normalized spacial score (nSPS) is 11.3. The molecular weight excluding hydrogens is 671 g/mol. The first kappa shape index (κ1) is 32.0. The van der Waals surface area contributed by atoms with Crippen LogP contribution in [0, 0.1) is 0 Å². The van der Waals surface area contributed by atoms with E-state index in [2.05, 4.69) is 217 Å². The van der Waals surface area contributed by atoms with E-state index in [9.17, 15) is 0 Å². The van der Waals surface area contributed by atoms with Crippen molar-refractivity contribution in [1.29, 1.82) is 0 Å². The molecule has 10 rings (SSSR count). The molecule has 0 saturated heterocycles. The Morgan fingerprint density at radius 2 is 0.796 bits per heavy atom. The van der Waals surface area contributed by atoms with E-state index in [1.54, 1.807) is 0 Å². The number of nitrogens with zero attached hydrogens (tertiary/aromatic N) is 1. The molecule has 0 spiro atoms. The van der Waals surface area contributed by atoms with Gasteiger partial charge in [0.05, 0.1) is 0 Å². The van der Waals surface area contributed by atoms with Crippen LogP contribution in [-0.2, 0) is 0 Å². The van der Waals surface area contributed by atoms with Crippen LogP contribution in [0.25, 0.3) is 75.5 Å². The molecular formula is C52H35NS. The maximum Gasteiger partial charge on any atom is 0.0467 e. The predicted octanol–water partition coefficient (Wildman–Crippen LogP) is 15.3. The lowest BCUT2D eigenvalue weighted by Gasteiger charge is -2.26. The summed E-state index contributed by atoms with van der Waals surface area (Å²) in [5.74, 6) is 0. The van der Waals surface area contributed by atoms with E-state index in [1.165, 1.54) is 75.5 Å². The first-order valence-corrected chi connectivity index (χ1v) is 19.2. The number of rotatable bonds is 7. The molecule has 0 saturated carbocycles. The average molecular weight is 706 g/mol. The maximum absolute atomic E-state index is 2.38. The summed E-state index contributed by atoms with van der Waals surface area (Å²) in [5.41, 5.74) is 13.1. The van der Waals surface area contributed by atoms with Gasteiger partial charge in [0.15, 0.2) is 0 Å². The van der Waals surface area contributed by atoms with E-state index in [0.717, 1.165) is 17.1 Å². The topological polar surface area (TPSA) is 3.24 Å². The van der Waals surface area contributed by atoms with Crippen molar-refractivity contribution in [1.82, 2.24) is 0 Å². The summed E-state index contributed by atoms with van der Waals surface area (Å²) in [6.07, 6.45) is 0. The van der Waals surface area contributed by atoms with E-state index in [4.69, 9.17) is 0 Å². The highest BCUT2D eigenvalue weighted by atomic mass is 32.1. The van der Waals surface area contributed by atoms with E-state index in [0.29, 0.717) is 0 Å². The van der Waals surface area contributed by atoms with Crippen LogP contribution < -0.4 is 4.90 Å². The van der Waals surface area contributed by atoms with Gasteiger partial charge in [0, 0.05) is 37.2 Å². The third kappa shape index (κ3) is 5.84. The molecule has 0 radical (unpaired) electrons. The van der Waals surface area contributed by atoms with Crippen LogP contribution in [0.5, 0.6) is 0 Å². The molecule has 54 heavy (non-hydrogen) atoms. The minimum absolute atomic E-state index is 1.11. The standard InChI is InChI=1S/C52H35NS/c1-2-11-36(12-3-1)37-23-25-38(26-24-37)39-27-31-43(32-28-39)53(45-16-8-15-42(35-45)47-19-9-14-40-13-4-5-17-46(40)47)44-33-29-41(30-34-44)48-20-10-21-50-49-18-6-7-22-51(49)54-52(48)50/h1-35H. The molecule has 0 aliphatic carbocycles. The number of hydrogen-bond acceptors (Lipinski definition) is 2. The number of benzene rings is 9. The monoisotopic (exact) mass is 705 g/mol. The van der Waals surface area contributed by atoms with Crippen molar-refractivity contribution in [3.8, 4) is 44.5 Å². The highest BCUT2D eigenvalue weighted by Crippen LogP contribution is 2.42. The van der Waals surface area contributed by atoms with Gasteiger partial charge in [0.2, 0.25) is 0 Å². The van der Waals surface area contributed by atoms with Gasteiger partial charge in [-0.1, -0.05) is 170 Å². The van der Waals surface area contributed by atoms with Crippen molar-refractivity contribution in [2.45, 2.75) is 0 Å². The van der Waals surface area contributed by atoms with Gasteiger partial charge >= 0.3 is 0 Å². The average Bonchev–Trinajstić information content (AvgIpc) is 3.64. The predicted molar refractivity (Wildman–Crippen MR) is 233 cm³/mol. The summed E-state index contributed by atoms with van der Waals surface area (Å²) in [4.78, 5) is 2.38. The molecule has 0 unspecified atom stereocenters. The van der Waals surface area contributed by atoms with E-state index in [1.807, 2.05) is 11.3 Å². The van der Waals surface area contributed by atoms with Gasteiger partial charge in [0.25, 0.3) is 0 Å². The molecule has 0 aliphatic heterocycles. The van der Waals surface area contributed by atoms with E-state index >= 15 is 0 Å². The maximum atomic E-state index is 2.38. The summed E-state index contributed by atoms with van der Waals surface area (Å²) >= 11 is 1.88. The van der Waals surface area contributed by atoms with E-state index in [-0.39, 0.29) is 0 Å². The van der Waals surface area contributed by atoms with Gasteiger partial charge in [-0.3, -0.25) is 0 Å². The molecule has 254 valence electrons. The fraction of sp³-hybridized carbons (Fsp3) is 0. The quantitative estimate of drug-likeness (QED) is 0.160. The lowest BCUT2D eigenvalue weighted by molar-refractivity contribution is 1.28. The number of thiophene rings is 1. The zero-order valence-corrected chi connectivity index (χ0v) is 30.4. The van der Waals surface area contributed by atoms with Crippen molar-refractivity contribution in [2.24, 2.45) is 0 Å². The fourth-order valence-electron chi connectivity index (χ4n) is 7.79. The summed E-state index contributed by atoms with van der Waals surface area (Å²) < 4.78 is 2.66. The Morgan fingerprint density at radius 1 is 0.296 bits per heavy atom. The Kier molecular flexibility index (Phi) is 8.09. The highest BCUT2D eigenvalue weighted by molar-refractivity contribution is 7.26. The summed E-state index contributed by atoms with van der Waals surface area (Å²) in [5, 5.41) is 5.14. The van der Waals surface area contributed by atoms with Crippen LogP contribution in [0.4, 0.5) is 17.1 Å². The van der Waals surface area contributed by atoms with Crippen molar-refractivity contribution < 1.29 is 0 Å². The minimum atomic E-state index is 1.11. The minimum Gasteiger partial charge on any atom is -0.310 e. The molecule has 0 N–H and O–H groups in total. The molecule has 0 bridgehead atoms. The highest BCUT2D eigenvalue weighted by Gasteiger charge is 2.16. The SMILES string of the molecule is c1ccc(-c2ccc(-c3ccc(N(c4ccc(-c5cccc6c5sc5ccccc56)cc4)c4cccc(-c5cccc6ccccc56)c4)cc3)cc2)cc1. The van der Waals surface area contributed by atoms with Crippen LogP contribution in [-0.4, -0.2) is 0 Å². The Bertz CT molecular complexity index is 2900. The molecule has 0 aliphatic rings. The molecule has 2 heteroatoms. The van der Waals surface area contributed by atoms with Gasteiger partial charge in [-0.15, -0.1) is 11.3 Å². The lowest BCUT2D eigenvalue weighted by atomic mass is 9.97. The fourth-order valence-corrected chi connectivity index (χ4v) is 9.03. The third-order valence-corrected chi connectivity index (χ3v) is 11.7. The van der Waals surface area contributed by atoms with Gasteiger partial charge < -0.3 is 4.90 Å². The molecule has 10 aromatic rings. The molecule has 0 atom stereocenters. The van der Waals surface area contributed by atoms with Gasteiger partial charge in [-0.25, -0.2) is 0 Å². The Balaban J connectivity index is 1.05. The van der Waals surface area contributed by atoms with Gasteiger partial charge in [-0.05, 0) is 97.7 Å². The third-order valence-electron chi connectivity index (χ3n) is 10.5. The van der Waals surface area contributed by atoms with Crippen molar-refractivity contribution >= 4 is 59.3 Å². The molecule has 1 heterocycles. The smallest absolute Gasteiger partial charge is 0.0467 e. The summed E-state index contributed by atoms with van der Waals surface area (Å²) in [6, 6.07) is 77.0. The number of anilines is 3. The number of fused-ring (bicyclic) bond motifs is 4. The first-order valence-electron chi connectivity index (χ1n) is 18.4. The van der Waals surface area contributed by atoms with Crippen LogP contribution in [0.2, 0.25) is 0 Å². The Hall–Kier alpha value is -6.74. The molecule has 9 aromatic carbocycles. The summed E-state index contributed by atoms with van der Waals surface area (Å²) in [6.45, 7) is 0. The first-order chi connectivity index (χ1) is 26.8. The molecule has 0 fully saturated rings. The Morgan fingerprint density at radius 3 is 1.54 bits per heavy atom. The van der Waals surface area contributed by atoms with Crippen LogP contribution in [0.3, 0.4) is 0 Å². The van der Waals surface area contributed by atoms with Crippen molar-refractivity contribution in [2.75, 3.05) is 4.90 Å². The van der Waals surface area contributed by atoms with Crippen molar-refractivity contribution in [3.05, 3.63) is 212 Å². The molecule has 1 aromatic heterocycles. The molecule has 1 nitrogen and oxygen atoms in total. The lowest BCUT2D eigenvalue weighted by Crippen LogP contribution is -2.10. The second kappa shape index (κ2) is 13.7. The van der Waals surface area contributed by atoms with Gasteiger partial charge in [0.1, 0.15) is 0 Å². The second-order valence-corrected chi connectivity index (χ2v) is 14.8. The van der Waals surface area contributed by atoms with Crippen LogP contribution in [0.1, 0.15) is 0 Å². The zero-order chi connectivity index (χ0) is 35.8. The largest absolute Gasteiger partial charge is 0.310 e. The van der Waals surface area contributed by atoms with Gasteiger partial charge in [-0.2, -0.15) is 0 Å². The Labute approximate surface area is 319 Å². The van der Waals surface area contributed by atoms with Crippen molar-refractivity contribution in [3.63, 3.8) is 0 Å². The second-order valence-electron chi connectivity index (χ2n) is 13.7.